The predicted octanol–water partition coefficient (Wildman–Crippen LogP) is 4.87. The maximum atomic E-state index is 10.6. The second-order valence-electron chi connectivity index (χ2n) is 5.31. The van der Waals surface area contributed by atoms with Crippen molar-refractivity contribution in [1.82, 2.24) is 4.98 Å². The van der Waals surface area contributed by atoms with Crippen LogP contribution in [-0.2, 0) is 11.2 Å². The average molecular weight is 330 g/mol. The summed E-state index contributed by atoms with van der Waals surface area (Å²) in [6, 6.07) is 13.6. The normalized spacial score (nSPS) is 10.1. The number of fused-ring (bicyclic) bond motifs is 1. The van der Waals surface area contributed by atoms with Crippen LogP contribution in [0.2, 0.25) is 5.02 Å². The van der Waals surface area contributed by atoms with Crippen LogP contribution in [0, 0.1) is 13.8 Å². The minimum absolute atomic E-state index is 0.443. The molecule has 0 saturated heterocycles. The first-order valence-corrected chi connectivity index (χ1v) is 7.74. The van der Waals surface area contributed by atoms with Crippen molar-refractivity contribution >= 4 is 28.8 Å². The number of halogens is 1. The van der Waals surface area contributed by atoms with Crippen molar-refractivity contribution in [1.29, 1.82) is 0 Å². The number of aromatic nitrogens is 1. The number of aldehydes is 1. The highest BCUT2D eigenvalue weighted by atomic mass is 35.5. The van der Waals surface area contributed by atoms with Gasteiger partial charge in [0.15, 0.2) is 0 Å². The van der Waals surface area contributed by atoms with Crippen molar-refractivity contribution in [3.63, 3.8) is 0 Å². The van der Waals surface area contributed by atoms with Gasteiger partial charge in [0, 0.05) is 28.0 Å². The molecule has 2 aromatic carbocycles. The molecule has 3 nitrogen and oxygen atoms in total. The van der Waals surface area contributed by atoms with E-state index in [-0.39, 0.29) is 0 Å². The molecule has 0 aliphatic rings. The molecule has 0 radical (unpaired) electrons. The fraction of sp³-hybridized carbons (Fsp3) is 0.211. The monoisotopic (exact) mass is 329 g/mol. The van der Waals surface area contributed by atoms with Crippen LogP contribution in [0.15, 0.2) is 42.5 Å². The molecule has 0 unspecified atom stereocenters. The van der Waals surface area contributed by atoms with Gasteiger partial charge < -0.3 is 14.5 Å². The molecule has 0 spiro atoms. The number of methoxy groups -OCH3 is 1. The number of aryl methyl sites for hydroxylation is 2. The minimum Gasteiger partial charge on any atom is -0.497 e. The summed E-state index contributed by atoms with van der Waals surface area (Å²) in [6.45, 7) is 4.02. The highest BCUT2D eigenvalue weighted by molar-refractivity contribution is 6.30. The lowest BCUT2D eigenvalue weighted by Gasteiger charge is -2.00. The standard InChI is InChI=1S/C12H13NO2.C7H7Cl/c1-8-10(5-6-14)11-7-9(15-2)3-4-12(11)13-8;1-6-2-4-7(8)5-3-6/h3-4,6-7,13H,5H2,1-2H3;2-5H,1H3. The van der Waals surface area contributed by atoms with Gasteiger partial charge in [-0.25, -0.2) is 0 Å². The number of H-pyrrole nitrogens is 1. The Morgan fingerprint density at radius 3 is 2.39 bits per heavy atom. The van der Waals surface area contributed by atoms with Crippen LogP contribution in [-0.4, -0.2) is 18.4 Å². The zero-order chi connectivity index (χ0) is 16.8. The molecule has 0 fully saturated rings. The fourth-order valence-corrected chi connectivity index (χ4v) is 2.49. The Morgan fingerprint density at radius 1 is 1.13 bits per heavy atom. The van der Waals surface area contributed by atoms with Gasteiger partial charge in [-0.15, -0.1) is 0 Å². The first kappa shape index (κ1) is 17.1. The molecule has 3 aromatic rings. The van der Waals surface area contributed by atoms with E-state index in [1.807, 2.05) is 56.3 Å². The van der Waals surface area contributed by atoms with E-state index in [9.17, 15) is 4.79 Å². The van der Waals surface area contributed by atoms with E-state index >= 15 is 0 Å². The number of benzene rings is 2. The van der Waals surface area contributed by atoms with E-state index in [4.69, 9.17) is 16.3 Å². The van der Waals surface area contributed by atoms with Gasteiger partial charge in [-0.2, -0.15) is 0 Å². The molecule has 0 amide bonds. The molecule has 1 aromatic heterocycles. The number of hydrogen-bond donors (Lipinski definition) is 1. The van der Waals surface area contributed by atoms with Crippen LogP contribution >= 0.6 is 11.6 Å². The second kappa shape index (κ2) is 7.84. The van der Waals surface area contributed by atoms with Crippen molar-refractivity contribution in [2.45, 2.75) is 20.3 Å². The Labute approximate surface area is 141 Å². The maximum absolute atomic E-state index is 10.6. The van der Waals surface area contributed by atoms with Crippen molar-refractivity contribution in [3.05, 3.63) is 64.3 Å². The van der Waals surface area contributed by atoms with Gasteiger partial charge in [-0.1, -0.05) is 29.3 Å². The summed E-state index contributed by atoms with van der Waals surface area (Å²) in [5, 5.41) is 1.87. The van der Waals surface area contributed by atoms with Crippen LogP contribution in [0.4, 0.5) is 0 Å². The van der Waals surface area contributed by atoms with Gasteiger partial charge in [0.05, 0.1) is 7.11 Å². The van der Waals surface area contributed by atoms with Gasteiger partial charge in [-0.3, -0.25) is 0 Å². The fourth-order valence-electron chi connectivity index (χ4n) is 2.37. The third-order valence-corrected chi connectivity index (χ3v) is 3.88. The molecule has 0 aliphatic heterocycles. The summed E-state index contributed by atoms with van der Waals surface area (Å²) in [5.74, 6) is 0.814. The number of ether oxygens (including phenoxy) is 1. The molecule has 1 heterocycles. The number of rotatable bonds is 3. The van der Waals surface area contributed by atoms with Crippen molar-refractivity contribution in [2.24, 2.45) is 0 Å². The molecular formula is C19H20ClNO2. The molecular weight excluding hydrogens is 310 g/mol. The van der Waals surface area contributed by atoms with Gasteiger partial charge >= 0.3 is 0 Å². The lowest BCUT2D eigenvalue weighted by Crippen LogP contribution is -1.87. The molecule has 0 bridgehead atoms. The highest BCUT2D eigenvalue weighted by Gasteiger charge is 2.08. The highest BCUT2D eigenvalue weighted by Crippen LogP contribution is 2.26. The number of aromatic amines is 1. The summed E-state index contributed by atoms with van der Waals surface area (Å²) in [6.07, 6.45) is 1.37. The first-order valence-electron chi connectivity index (χ1n) is 7.36. The molecule has 4 heteroatoms. The van der Waals surface area contributed by atoms with Crippen LogP contribution in [0.25, 0.3) is 10.9 Å². The SMILES string of the molecule is COc1ccc2[nH]c(C)c(CC=O)c2c1.Cc1ccc(Cl)cc1. The molecule has 1 N–H and O–H groups in total. The lowest BCUT2D eigenvalue weighted by molar-refractivity contribution is -0.107. The first-order chi connectivity index (χ1) is 11.0. The summed E-state index contributed by atoms with van der Waals surface area (Å²) >= 11 is 5.61. The van der Waals surface area contributed by atoms with Gasteiger partial charge in [0.2, 0.25) is 0 Å². The van der Waals surface area contributed by atoms with Crippen LogP contribution in [0.1, 0.15) is 16.8 Å². The van der Waals surface area contributed by atoms with Crippen molar-refractivity contribution in [2.75, 3.05) is 7.11 Å². The molecule has 0 atom stereocenters. The van der Waals surface area contributed by atoms with E-state index in [1.54, 1.807) is 7.11 Å². The lowest BCUT2D eigenvalue weighted by atomic mass is 10.1. The molecule has 0 saturated carbocycles. The minimum atomic E-state index is 0.443. The number of nitrogens with one attached hydrogen (secondary N) is 1. The third-order valence-electron chi connectivity index (χ3n) is 3.63. The summed E-state index contributed by atoms with van der Waals surface area (Å²) in [7, 11) is 1.64. The molecule has 0 aliphatic carbocycles. The summed E-state index contributed by atoms with van der Waals surface area (Å²) < 4.78 is 5.16. The van der Waals surface area contributed by atoms with E-state index in [1.165, 1.54) is 5.56 Å². The Bertz CT molecular complexity index is 770. The molecule has 120 valence electrons. The van der Waals surface area contributed by atoms with Crippen LogP contribution in [0.5, 0.6) is 5.75 Å². The van der Waals surface area contributed by atoms with Crippen molar-refractivity contribution in [3.8, 4) is 5.75 Å². The quantitative estimate of drug-likeness (QED) is 0.696. The van der Waals surface area contributed by atoms with E-state index in [0.29, 0.717) is 6.42 Å². The smallest absolute Gasteiger partial charge is 0.124 e. The van der Waals surface area contributed by atoms with Gasteiger partial charge in [-0.05, 0) is 49.7 Å². The van der Waals surface area contributed by atoms with Crippen LogP contribution in [0.3, 0.4) is 0 Å². The molecule has 23 heavy (non-hydrogen) atoms. The number of carbonyl (C=O) groups is 1. The number of hydrogen-bond acceptors (Lipinski definition) is 2. The third kappa shape index (κ3) is 4.36. The topological polar surface area (TPSA) is 42.1 Å². The second-order valence-corrected chi connectivity index (χ2v) is 5.74. The zero-order valence-electron chi connectivity index (χ0n) is 13.5. The van der Waals surface area contributed by atoms with E-state index < -0.39 is 0 Å². The average Bonchev–Trinajstić information content (AvgIpc) is 2.86. The number of carbonyl (C=O) groups excluding carboxylic acids is 1. The molecule has 3 rings (SSSR count). The van der Waals surface area contributed by atoms with E-state index in [0.717, 1.165) is 39.2 Å². The van der Waals surface area contributed by atoms with Crippen molar-refractivity contribution < 1.29 is 9.53 Å². The van der Waals surface area contributed by atoms with Gasteiger partial charge in [0.25, 0.3) is 0 Å². The van der Waals surface area contributed by atoms with Crippen LogP contribution < -0.4 is 4.74 Å². The summed E-state index contributed by atoms with van der Waals surface area (Å²) in [4.78, 5) is 13.8. The predicted molar refractivity (Wildman–Crippen MR) is 95.5 cm³/mol. The summed E-state index contributed by atoms with van der Waals surface area (Å²) in [5.41, 5.74) is 4.39. The largest absolute Gasteiger partial charge is 0.497 e. The maximum Gasteiger partial charge on any atom is 0.124 e. The Kier molecular flexibility index (Phi) is 5.83. The Balaban J connectivity index is 0.000000203. The Morgan fingerprint density at radius 2 is 1.83 bits per heavy atom. The van der Waals surface area contributed by atoms with Gasteiger partial charge in [0.1, 0.15) is 12.0 Å². The van der Waals surface area contributed by atoms with E-state index in [2.05, 4.69) is 4.98 Å². The Hall–Kier alpha value is -2.26. The zero-order valence-corrected chi connectivity index (χ0v) is 14.3.